The summed E-state index contributed by atoms with van der Waals surface area (Å²) in [5.41, 5.74) is 5.51. The molecule has 0 spiro atoms. The molecule has 0 saturated carbocycles. The maximum absolute atomic E-state index is 12.7. The van der Waals surface area contributed by atoms with Gasteiger partial charge in [-0.1, -0.05) is 23.7 Å². The van der Waals surface area contributed by atoms with E-state index >= 15 is 0 Å². The predicted octanol–water partition coefficient (Wildman–Crippen LogP) is 4.68. The van der Waals surface area contributed by atoms with Gasteiger partial charge in [-0.25, -0.2) is 9.50 Å². The van der Waals surface area contributed by atoms with Crippen molar-refractivity contribution in [3.05, 3.63) is 64.4 Å². The number of benzene rings is 2. The molecule has 2 amide bonds. The third-order valence-electron chi connectivity index (χ3n) is 5.19. The van der Waals surface area contributed by atoms with Gasteiger partial charge in [0.05, 0.1) is 16.9 Å². The Bertz CT molecular complexity index is 1330. The molecule has 0 aliphatic rings. The van der Waals surface area contributed by atoms with E-state index in [1.54, 1.807) is 18.2 Å². The second-order valence-electron chi connectivity index (χ2n) is 7.43. The topological polar surface area (TPSA) is 88.4 Å². The van der Waals surface area contributed by atoms with Gasteiger partial charge in [-0.2, -0.15) is 5.10 Å². The summed E-state index contributed by atoms with van der Waals surface area (Å²) < 4.78 is 1.84. The fraction of sp³-hybridized carbons (Fsp3) is 0.217. The number of fused-ring (bicyclic) bond motifs is 3. The summed E-state index contributed by atoms with van der Waals surface area (Å²) in [5.74, 6) is -0.409. The van der Waals surface area contributed by atoms with E-state index in [4.69, 9.17) is 16.6 Å². The van der Waals surface area contributed by atoms with Crippen molar-refractivity contribution in [2.45, 2.75) is 33.6 Å². The minimum absolute atomic E-state index is 0.182. The van der Waals surface area contributed by atoms with Crippen molar-refractivity contribution in [1.29, 1.82) is 0 Å². The fourth-order valence-electron chi connectivity index (χ4n) is 3.71. The number of amides is 2. The zero-order valence-electron chi connectivity index (χ0n) is 17.5. The lowest BCUT2D eigenvalue weighted by Crippen LogP contribution is -2.16. The Labute approximate surface area is 184 Å². The molecular formula is C23H22ClN5O2. The highest BCUT2D eigenvalue weighted by Crippen LogP contribution is 2.27. The van der Waals surface area contributed by atoms with E-state index in [-0.39, 0.29) is 18.2 Å². The van der Waals surface area contributed by atoms with Crippen LogP contribution in [0.3, 0.4) is 0 Å². The molecule has 0 bridgehead atoms. The van der Waals surface area contributed by atoms with E-state index in [0.717, 1.165) is 33.5 Å². The lowest BCUT2D eigenvalue weighted by atomic mass is 10.1. The highest BCUT2D eigenvalue weighted by atomic mass is 35.5. The second kappa shape index (κ2) is 8.35. The van der Waals surface area contributed by atoms with Gasteiger partial charge in [0.15, 0.2) is 5.65 Å². The highest BCUT2D eigenvalue weighted by molar-refractivity contribution is 6.31. The van der Waals surface area contributed by atoms with E-state index < -0.39 is 0 Å². The Balaban J connectivity index is 1.56. The molecule has 0 radical (unpaired) electrons. The van der Waals surface area contributed by atoms with Crippen LogP contribution in [-0.2, 0) is 16.0 Å². The Hall–Kier alpha value is -3.45. The van der Waals surface area contributed by atoms with Crippen LogP contribution in [0.25, 0.3) is 16.6 Å². The maximum Gasteiger partial charge on any atom is 0.224 e. The number of rotatable bonds is 5. The quantitative estimate of drug-likeness (QED) is 0.476. The lowest BCUT2D eigenvalue weighted by molar-refractivity contribution is -0.116. The average Bonchev–Trinajstić information content (AvgIpc) is 3.08. The predicted molar refractivity (Wildman–Crippen MR) is 123 cm³/mol. The lowest BCUT2D eigenvalue weighted by Gasteiger charge is -2.13. The summed E-state index contributed by atoms with van der Waals surface area (Å²) >= 11 is 6.06. The number of halogens is 1. The van der Waals surface area contributed by atoms with Crippen molar-refractivity contribution in [1.82, 2.24) is 14.6 Å². The number of aryl methyl sites for hydroxylation is 2. The molecule has 0 fully saturated rings. The number of hydrogen-bond donors (Lipinski definition) is 2. The SMILES string of the molecule is CC(=O)Nc1ccc(Cl)cc1NC(=O)CCc1c(C)nc2c3ccccc3nn2c1C. The van der Waals surface area contributed by atoms with Gasteiger partial charge in [-0.15, -0.1) is 0 Å². The van der Waals surface area contributed by atoms with Crippen LogP contribution in [0.1, 0.15) is 30.3 Å². The number of hydrogen-bond acceptors (Lipinski definition) is 4. The zero-order chi connectivity index (χ0) is 22.1. The molecule has 158 valence electrons. The number of anilines is 2. The Kier molecular flexibility index (Phi) is 5.61. The molecule has 0 atom stereocenters. The molecule has 8 heteroatoms. The van der Waals surface area contributed by atoms with Crippen LogP contribution in [-0.4, -0.2) is 26.4 Å². The van der Waals surface area contributed by atoms with Crippen LogP contribution in [0.15, 0.2) is 42.5 Å². The maximum atomic E-state index is 12.7. The third-order valence-corrected chi connectivity index (χ3v) is 5.42. The monoisotopic (exact) mass is 435 g/mol. The van der Waals surface area contributed by atoms with E-state index in [1.807, 2.05) is 42.6 Å². The number of aromatic nitrogens is 3. The summed E-state index contributed by atoms with van der Waals surface area (Å²) in [6.07, 6.45) is 0.764. The van der Waals surface area contributed by atoms with Gasteiger partial charge in [-0.05, 0) is 56.2 Å². The molecule has 2 heterocycles. The fourth-order valence-corrected chi connectivity index (χ4v) is 3.88. The molecule has 0 unspecified atom stereocenters. The second-order valence-corrected chi connectivity index (χ2v) is 7.87. The normalized spacial score (nSPS) is 11.1. The molecular weight excluding hydrogens is 414 g/mol. The number of nitrogens with zero attached hydrogens (tertiary/aromatic N) is 3. The van der Waals surface area contributed by atoms with Crippen LogP contribution in [0.2, 0.25) is 5.02 Å². The Morgan fingerprint density at radius 3 is 2.61 bits per heavy atom. The van der Waals surface area contributed by atoms with E-state index in [2.05, 4.69) is 15.7 Å². The molecule has 4 rings (SSSR count). The van der Waals surface area contributed by atoms with E-state index in [1.165, 1.54) is 6.92 Å². The van der Waals surface area contributed by atoms with Gasteiger partial charge >= 0.3 is 0 Å². The van der Waals surface area contributed by atoms with Crippen LogP contribution in [0.5, 0.6) is 0 Å². The van der Waals surface area contributed by atoms with Crippen LogP contribution < -0.4 is 10.6 Å². The third kappa shape index (κ3) is 4.22. The molecule has 2 N–H and O–H groups in total. The first-order valence-electron chi connectivity index (χ1n) is 9.94. The first-order chi connectivity index (χ1) is 14.8. The highest BCUT2D eigenvalue weighted by Gasteiger charge is 2.16. The summed E-state index contributed by atoms with van der Waals surface area (Å²) in [7, 11) is 0. The molecule has 2 aromatic heterocycles. The molecule has 0 aliphatic carbocycles. The van der Waals surface area contributed by atoms with Gasteiger partial charge in [0, 0.05) is 35.1 Å². The summed E-state index contributed by atoms with van der Waals surface area (Å²) in [4.78, 5) is 28.8. The van der Waals surface area contributed by atoms with Crippen molar-refractivity contribution >= 4 is 51.3 Å². The van der Waals surface area contributed by atoms with E-state index in [9.17, 15) is 9.59 Å². The van der Waals surface area contributed by atoms with Crippen molar-refractivity contribution in [3.63, 3.8) is 0 Å². The van der Waals surface area contributed by atoms with Gasteiger partial charge < -0.3 is 10.6 Å². The average molecular weight is 436 g/mol. The number of carbonyl (C=O) groups is 2. The molecule has 7 nitrogen and oxygen atoms in total. The van der Waals surface area contributed by atoms with Crippen molar-refractivity contribution < 1.29 is 9.59 Å². The molecule has 0 aliphatic heterocycles. The minimum Gasteiger partial charge on any atom is -0.325 e. The largest absolute Gasteiger partial charge is 0.325 e. The van der Waals surface area contributed by atoms with Crippen LogP contribution in [0.4, 0.5) is 11.4 Å². The smallest absolute Gasteiger partial charge is 0.224 e. The first-order valence-corrected chi connectivity index (χ1v) is 10.3. The number of nitrogens with one attached hydrogen (secondary N) is 2. The van der Waals surface area contributed by atoms with Crippen molar-refractivity contribution in [2.75, 3.05) is 10.6 Å². The Morgan fingerprint density at radius 1 is 1.06 bits per heavy atom. The molecule has 31 heavy (non-hydrogen) atoms. The van der Waals surface area contributed by atoms with Crippen molar-refractivity contribution in [2.24, 2.45) is 0 Å². The summed E-state index contributed by atoms with van der Waals surface area (Å²) in [6, 6.07) is 12.8. The molecule has 0 saturated heterocycles. The van der Waals surface area contributed by atoms with Crippen molar-refractivity contribution in [3.8, 4) is 0 Å². The first kappa shape index (κ1) is 20.8. The number of carbonyl (C=O) groups excluding carboxylic acids is 2. The minimum atomic E-state index is -0.227. The standard InChI is InChI=1S/C23H22ClN5O2/c1-13-17(14(2)29-23(25-13)18-6-4-5-7-19(18)28-29)9-11-22(31)27-21-12-16(24)8-10-20(21)26-15(3)30/h4-8,10,12H,9,11H2,1-3H3,(H,26,30)(H,27,31). The molecule has 4 aromatic rings. The van der Waals surface area contributed by atoms with Crippen LogP contribution >= 0.6 is 11.6 Å². The van der Waals surface area contributed by atoms with Gasteiger partial charge in [-0.3, -0.25) is 9.59 Å². The van der Waals surface area contributed by atoms with Gasteiger partial charge in [0.2, 0.25) is 11.8 Å². The van der Waals surface area contributed by atoms with Crippen LogP contribution in [0, 0.1) is 13.8 Å². The van der Waals surface area contributed by atoms with Gasteiger partial charge in [0.1, 0.15) is 0 Å². The summed E-state index contributed by atoms with van der Waals surface area (Å²) in [5, 5.41) is 11.7. The Morgan fingerprint density at radius 2 is 1.84 bits per heavy atom. The molecule has 2 aromatic carbocycles. The summed E-state index contributed by atoms with van der Waals surface area (Å²) in [6.45, 7) is 5.36. The van der Waals surface area contributed by atoms with E-state index in [0.29, 0.717) is 22.8 Å². The van der Waals surface area contributed by atoms with Gasteiger partial charge in [0.25, 0.3) is 0 Å². The zero-order valence-corrected chi connectivity index (χ0v) is 18.2.